The van der Waals surface area contributed by atoms with Crippen LogP contribution in [0.5, 0.6) is 5.75 Å². The van der Waals surface area contributed by atoms with E-state index in [0.29, 0.717) is 17.9 Å². The third-order valence-electron chi connectivity index (χ3n) is 3.41. The first-order valence-corrected chi connectivity index (χ1v) is 6.50. The lowest BCUT2D eigenvalue weighted by molar-refractivity contribution is 0.103. The molecule has 102 valence electrons. The number of nitrogen functional groups attached to an aromatic ring is 1. The molecule has 0 aliphatic carbocycles. The highest BCUT2D eigenvalue weighted by molar-refractivity contribution is 6.09. The van der Waals surface area contributed by atoms with Gasteiger partial charge >= 0.3 is 0 Å². The SMILES string of the molecule is Nc1ccc(C(=O)c2ccc3c(c2)CCCO3)c(F)c1. The van der Waals surface area contributed by atoms with Crippen molar-refractivity contribution in [2.75, 3.05) is 12.3 Å². The summed E-state index contributed by atoms with van der Waals surface area (Å²) in [5, 5.41) is 0. The molecule has 0 amide bonds. The molecule has 0 saturated carbocycles. The zero-order valence-electron chi connectivity index (χ0n) is 10.9. The molecule has 0 atom stereocenters. The van der Waals surface area contributed by atoms with Crippen LogP contribution in [0.3, 0.4) is 0 Å². The smallest absolute Gasteiger partial charge is 0.195 e. The Morgan fingerprint density at radius 2 is 2.05 bits per heavy atom. The normalized spacial score (nSPS) is 13.4. The second-order valence-electron chi connectivity index (χ2n) is 4.84. The minimum Gasteiger partial charge on any atom is -0.493 e. The Kier molecular flexibility index (Phi) is 3.14. The molecular weight excluding hydrogens is 257 g/mol. The third kappa shape index (κ3) is 2.25. The topological polar surface area (TPSA) is 52.3 Å². The van der Waals surface area contributed by atoms with Crippen LogP contribution in [-0.4, -0.2) is 12.4 Å². The predicted molar refractivity (Wildman–Crippen MR) is 74.5 cm³/mol. The Balaban J connectivity index is 1.98. The first-order valence-electron chi connectivity index (χ1n) is 6.50. The molecule has 0 saturated heterocycles. The zero-order valence-corrected chi connectivity index (χ0v) is 10.9. The Morgan fingerprint density at radius 3 is 2.85 bits per heavy atom. The molecule has 3 nitrogen and oxygen atoms in total. The van der Waals surface area contributed by atoms with Crippen molar-refractivity contribution in [2.45, 2.75) is 12.8 Å². The second kappa shape index (κ2) is 4.96. The van der Waals surface area contributed by atoms with Crippen LogP contribution in [0, 0.1) is 5.82 Å². The highest BCUT2D eigenvalue weighted by Crippen LogP contribution is 2.27. The molecule has 2 aromatic carbocycles. The molecule has 0 fully saturated rings. The van der Waals surface area contributed by atoms with Crippen LogP contribution in [-0.2, 0) is 6.42 Å². The summed E-state index contributed by atoms with van der Waals surface area (Å²) in [5.74, 6) is -0.120. The summed E-state index contributed by atoms with van der Waals surface area (Å²) in [6, 6.07) is 9.33. The highest BCUT2D eigenvalue weighted by Gasteiger charge is 2.17. The van der Waals surface area contributed by atoms with Gasteiger partial charge in [0, 0.05) is 11.3 Å². The minimum absolute atomic E-state index is 0.0378. The number of fused-ring (bicyclic) bond motifs is 1. The van der Waals surface area contributed by atoms with Gasteiger partial charge in [0.15, 0.2) is 5.78 Å². The van der Waals surface area contributed by atoms with Crippen LogP contribution in [0.15, 0.2) is 36.4 Å². The number of rotatable bonds is 2. The quantitative estimate of drug-likeness (QED) is 0.675. The van der Waals surface area contributed by atoms with E-state index < -0.39 is 5.82 Å². The Labute approximate surface area is 116 Å². The first-order chi connectivity index (χ1) is 9.65. The number of anilines is 1. The van der Waals surface area contributed by atoms with E-state index in [-0.39, 0.29) is 11.3 Å². The maximum atomic E-state index is 13.8. The van der Waals surface area contributed by atoms with Gasteiger partial charge in [-0.2, -0.15) is 0 Å². The van der Waals surface area contributed by atoms with Gasteiger partial charge in [0.2, 0.25) is 0 Å². The van der Waals surface area contributed by atoms with Crippen molar-refractivity contribution < 1.29 is 13.9 Å². The minimum atomic E-state index is -0.594. The molecule has 0 unspecified atom stereocenters. The molecule has 1 aliphatic heterocycles. The van der Waals surface area contributed by atoms with Crippen LogP contribution in [0.1, 0.15) is 27.9 Å². The summed E-state index contributed by atoms with van der Waals surface area (Å²) in [6.45, 7) is 0.701. The number of carbonyl (C=O) groups excluding carboxylic acids is 1. The number of hydrogen-bond acceptors (Lipinski definition) is 3. The van der Waals surface area contributed by atoms with Gasteiger partial charge in [-0.1, -0.05) is 0 Å². The molecule has 2 aromatic rings. The third-order valence-corrected chi connectivity index (χ3v) is 3.41. The molecule has 20 heavy (non-hydrogen) atoms. The van der Waals surface area contributed by atoms with Crippen molar-refractivity contribution in [2.24, 2.45) is 0 Å². The van der Waals surface area contributed by atoms with Crippen molar-refractivity contribution in [1.82, 2.24) is 0 Å². The van der Waals surface area contributed by atoms with Crippen LogP contribution < -0.4 is 10.5 Å². The van der Waals surface area contributed by atoms with Gasteiger partial charge in [0.05, 0.1) is 12.2 Å². The average molecular weight is 271 g/mol. The number of hydrogen-bond donors (Lipinski definition) is 1. The summed E-state index contributed by atoms with van der Waals surface area (Å²) in [7, 11) is 0. The van der Waals surface area contributed by atoms with Crippen molar-refractivity contribution >= 4 is 11.5 Å². The van der Waals surface area contributed by atoms with Gasteiger partial charge in [-0.25, -0.2) is 4.39 Å². The van der Waals surface area contributed by atoms with E-state index in [2.05, 4.69) is 0 Å². The lowest BCUT2D eigenvalue weighted by Crippen LogP contribution is -2.11. The van der Waals surface area contributed by atoms with E-state index in [0.717, 1.165) is 30.2 Å². The fourth-order valence-electron chi connectivity index (χ4n) is 2.37. The molecule has 0 spiro atoms. The van der Waals surface area contributed by atoms with Gasteiger partial charge in [0.1, 0.15) is 11.6 Å². The number of carbonyl (C=O) groups is 1. The number of benzene rings is 2. The molecule has 0 aromatic heterocycles. The van der Waals surface area contributed by atoms with E-state index in [1.165, 1.54) is 12.1 Å². The van der Waals surface area contributed by atoms with Crippen LogP contribution in [0.4, 0.5) is 10.1 Å². The molecule has 3 rings (SSSR count). The Bertz CT molecular complexity index is 682. The maximum Gasteiger partial charge on any atom is 0.195 e. The Hall–Kier alpha value is -2.36. The largest absolute Gasteiger partial charge is 0.493 e. The molecular formula is C16H14FNO2. The lowest BCUT2D eigenvalue weighted by atomic mass is 9.97. The van der Waals surface area contributed by atoms with E-state index in [1.807, 2.05) is 0 Å². The highest BCUT2D eigenvalue weighted by atomic mass is 19.1. The second-order valence-corrected chi connectivity index (χ2v) is 4.84. The van der Waals surface area contributed by atoms with Gasteiger partial charge in [0.25, 0.3) is 0 Å². The number of aryl methyl sites for hydroxylation is 1. The lowest BCUT2D eigenvalue weighted by Gasteiger charge is -2.17. The first kappa shape index (κ1) is 12.7. The van der Waals surface area contributed by atoms with Gasteiger partial charge in [-0.05, 0) is 54.8 Å². The van der Waals surface area contributed by atoms with Gasteiger partial charge in [-0.15, -0.1) is 0 Å². The van der Waals surface area contributed by atoms with Gasteiger partial charge < -0.3 is 10.5 Å². The summed E-state index contributed by atoms with van der Waals surface area (Å²) < 4.78 is 19.3. The van der Waals surface area contributed by atoms with E-state index >= 15 is 0 Å². The van der Waals surface area contributed by atoms with Crippen molar-refractivity contribution in [3.63, 3.8) is 0 Å². The number of ketones is 1. The maximum absolute atomic E-state index is 13.8. The van der Waals surface area contributed by atoms with Crippen LogP contribution in [0.25, 0.3) is 0 Å². The fraction of sp³-hybridized carbons (Fsp3) is 0.188. The van der Waals surface area contributed by atoms with Gasteiger partial charge in [-0.3, -0.25) is 4.79 Å². The fourth-order valence-corrected chi connectivity index (χ4v) is 2.37. The van der Waals surface area contributed by atoms with Crippen molar-refractivity contribution in [3.8, 4) is 5.75 Å². The number of halogens is 1. The molecule has 0 bridgehead atoms. The molecule has 2 N–H and O–H groups in total. The number of ether oxygens (including phenoxy) is 1. The summed E-state index contributed by atoms with van der Waals surface area (Å²) in [6.07, 6.45) is 1.81. The standard InChI is InChI=1S/C16H14FNO2/c17-14-9-12(18)4-5-13(14)16(19)11-3-6-15-10(8-11)2-1-7-20-15/h3-6,8-9H,1-2,7,18H2. The van der Waals surface area contributed by atoms with Crippen molar-refractivity contribution in [3.05, 3.63) is 58.9 Å². The van der Waals surface area contributed by atoms with Crippen molar-refractivity contribution in [1.29, 1.82) is 0 Å². The molecule has 4 heteroatoms. The average Bonchev–Trinajstić information content (AvgIpc) is 2.46. The summed E-state index contributed by atoms with van der Waals surface area (Å²) in [4.78, 5) is 12.3. The zero-order chi connectivity index (χ0) is 14.1. The van der Waals surface area contributed by atoms with Crippen LogP contribution in [0.2, 0.25) is 0 Å². The molecule has 1 heterocycles. The van der Waals surface area contributed by atoms with Crippen LogP contribution >= 0.6 is 0 Å². The van der Waals surface area contributed by atoms with E-state index in [9.17, 15) is 9.18 Å². The summed E-state index contributed by atoms with van der Waals surface area (Å²) in [5.41, 5.74) is 7.30. The number of nitrogens with two attached hydrogens (primary N) is 1. The van der Waals surface area contributed by atoms with E-state index in [1.54, 1.807) is 18.2 Å². The molecule has 0 radical (unpaired) electrons. The van der Waals surface area contributed by atoms with E-state index in [4.69, 9.17) is 10.5 Å². The molecule has 1 aliphatic rings. The monoisotopic (exact) mass is 271 g/mol. The predicted octanol–water partition coefficient (Wildman–Crippen LogP) is 2.96. The summed E-state index contributed by atoms with van der Waals surface area (Å²) >= 11 is 0. The Morgan fingerprint density at radius 1 is 1.20 bits per heavy atom.